The Balaban J connectivity index is 0.00000450. The number of halogens is 1. The maximum absolute atomic E-state index is 5.98. The molecule has 2 aromatic rings. The van der Waals surface area contributed by atoms with Crippen molar-refractivity contribution in [1.82, 2.24) is 10.6 Å². The highest BCUT2D eigenvalue weighted by Crippen LogP contribution is 2.14. The van der Waals surface area contributed by atoms with E-state index in [1.807, 2.05) is 25.1 Å². The topological polar surface area (TPSA) is 66.9 Å². The summed E-state index contributed by atoms with van der Waals surface area (Å²) in [5.41, 5.74) is 3.43. The zero-order chi connectivity index (χ0) is 20.9. The molecule has 0 aliphatic carbocycles. The number of benzene rings is 2. The van der Waals surface area contributed by atoms with Crippen LogP contribution in [0.3, 0.4) is 0 Å². The minimum Gasteiger partial charge on any atom is -0.489 e. The number of hydrogen-bond acceptors (Lipinski definition) is 4. The van der Waals surface area contributed by atoms with Gasteiger partial charge in [0.05, 0.1) is 19.7 Å². The second-order valence-corrected chi connectivity index (χ2v) is 6.94. The van der Waals surface area contributed by atoms with Gasteiger partial charge in [0, 0.05) is 25.9 Å². The lowest BCUT2D eigenvalue weighted by molar-refractivity contribution is 0.211. The lowest BCUT2D eigenvalue weighted by Gasteiger charge is -2.18. The van der Waals surface area contributed by atoms with Gasteiger partial charge in [-0.25, -0.2) is 4.99 Å². The van der Waals surface area contributed by atoms with Crippen LogP contribution in [0.5, 0.6) is 5.75 Å². The van der Waals surface area contributed by atoms with Crippen LogP contribution >= 0.6 is 24.0 Å². The summed E-state index contributed by atoms with van der Waals surface area (Å²) in [6.45, 7) is 9.75. The van der Waals surface area contributed by atoms with E-state index in [2.05, 4.69) is 65.1 Å². The summed E-state index contributed by atoms with van der Waals surface area (Å²) in [6, 6.07) is 16.4. The molecule has 2 aromatic carbocycles. The molecule has 3 N–H and O–H groups in total. The third kappa shape index (κ3) is 10.2. The molecule has 0 aliphatic heterocycles. The van der Waals surface area contributed by atoms with Gasteiger partial charge in [-0.05, 0) is 56.2 Å². The third-order valence-corrected chi connectivity index (χ3v) is 4.24. The van der Waals surface area contributed by atoms with Gasteiger partial charge >= 0.3 is 0 Å². The zero-order valence-electron chi connectivity index (χ0n) is 18.4. The van der Waals surface area contributed by atoms with Crippen molar-refractivity contribution >= 4 is 35.6 Å². The highest BCUT2D eigenvalue weighted by molar-refractivity contribution is 14.0. The number of ether oxygens (including phenoxy) is 2. The molecule has 0 saturated heterocycles. The first-order chi connectivity index (χ1) is 14.1. The molecule has 0 spiro atoms. The maximum atomic E-state index is 5.98. The fourth-order valence-electron chi connectivity index (χ4n) is 2.74. The molecule has 0 aromatic heterocycles. The Hall–Kier alpha value is -2.00. The molecule has 7 heteroatoms. The Labute approximate surface area is 197 Å². The molecular weight excluding hydrogens is 491 g/mol. The summed E-state index contributed by atoms with van der Waals surface area (Å²) < 4.78 is 11.0. The van der Waals surface area contributed by atoms with Gasteiger partial charge in [0.1, 0.15) is 11.9 Å². The molecule has 0 fully saturated rings. The van der Waals surface area contributed by atoms with Crippen molar-refractivity contribution in [3.63, 3.8) is 0 Å². The van der Waals surface area contributed by atoms with Crippen molar-refractivity contribution in [2.75, 3.05) is 38.7 Å². The van der Waals surface area contributed by atoms with E-state index in [1.54, 1.807) is 7.11 Å². The van der Waals surface area contributed by atoms with Gasteiger partial charge in [0.25, 0.3) is 0 Å². The van der Waals surface area contributed by atoms with Gasteiger partial charge in [-0.2, -0.15) is 0 Å². The van der Waals surface area contributed by atoms with Gasteiger partial charge in [-0.15, -0.1) is 24.0 Å². The maximum Gasteiger partial charge on any atom is 0.191 e. The Bertz CT molecular complexity index is 753. The molecule has 30 heavy (non-hydrogen) atoms. The number of hydrogen-bond donors (Lipinski definition) is 3. The van der Waals surface area contributed by atoms with Gasteiger partial charge in [0.15, 0.2) is 5.96 Å². The predicted octanol–water partition coefficient (Wildman–Crippen LogP) is 4.19. The number of aliphatic imine (C=N–C) groups is 1. The smallest absolute Gasteiger partial charge is 0.191 e. The van der Waals surface area contributed by atoms with Crippen LogP contribution in [0.15, 0.2) is 53.5 Å². The monoisotopic (exact) mass is 526 g/mol. The van der Waals surface area contributed by atoms with Crippen molar-refractivity contribution in [1.29, 1.82) is 0 Å². The molecule has 0 aliphatic rings. The number of guanidine groups is 1. The average Bonchev–Trinajstić information content (AvgIpc) is 2.71. The number of nitrogens with zero attached hydrogens (tertiary/aromatic N) is 1. The van der Waals surface area contributed by atoms with Crippen molar-refractivity contribution in [2.24, 2.45) is 4.99 Å². The lowest BCUT2D eigenvalue weighted by atomic mass is 10.2. The highest BCUT2D eigenvalue weighted by Gasteiger charge is 2.06. The largest absolute Gasteiger partial charge is 0.489 e. The molecule has 6 nitrogen and oxygen atoms in total. The van der Waals surface area contributed by atoms with E-state index in [0.29, 0.717) is 19.7 Å². The van der Waals surface area contributed by atoms with E-state index < -0.39 is 0 Å². The molecule has 0 saturated carbocycles. The first-order valence-corrected chi connectivity index (χ1v) is 10.2. The molecule has 0 bridgehead atoms. The average molecular weight is 526 g/mol. The molecule has 0 heterocycles. The van der Waals surface area contributed by atoms with Crippen molar-refractivity contribution in [3.05, 3.63) is 59.7 Å². The van der Waals surface area contributed by atoms with Crippen molar-refractivity contribution in [3.8, 4) is 5.75 Å². The quantitative estimate of drug-likeness (QED) is 0.177. The van der Waals surface area contributed by atoms with E-state index >= 15 is 0 Å². The number of rotatable bonds is 11. The van der Waals surface area contributed by atoms with E-state index in [0.717, 1.165) is 36.0 Å². The fourth-order valence-corrected chi connectivity index (χ4v) is 2.74. The second-order valence-electron chi connectivity index (χ2n) is 6.94. The van der Waals surface area contributed by atoms with Gasteiger partial charge < -0.3 is 25.4 Å². The van der Waals surface area contributed by atoms with Crippen LogP contribution in [0.25, 0.3) is 0 Å². The zero-order valence-corrected chi connectivity index (χ0v) is 20.7. The molecule has 1 unspecified atom stereocenters. The van der Waals surface area contributed by atoms with E-state index in [4.69, 9.17) is 9.47 Å². The summed E-state index contributed by atoms with van der Waals surface area (Å²) >= 11 is 0. The summed E-state index contributed by atoms with van der Waals surface area (Å²) in [4.78, 5) is 4.68. The Morgan fingerprint density at radius 1 is 1.10 bits per heavy atom. The van der Waals surface area contributed by atoms with Gasteiger partial charge in [-0.1, -0.05) is 24.3 Å². The lowest BCUT2D eigenvalue weighted by Crippen LogP contribution is -2.41. The second kappa shape index (κ2) is 14.9. The van der Waals surface area contributed by atoms with Crippen molar-refractivity contribution in [2.45, 2.75) is 33.4 Å². The Kier molecular flexibility index (Phi) is 12.9. The van der Waals surface area contributed by atoms with Crippen LogP contribution in [0.1, 0.15) is 25.0 Å². The molecular formula is C23H35IN4O2. The van der Waals surface area contributed by atoms with E-state index in [-0.39, 0.29) is 30.1 Å². The van der Waals surface area contributed by atoms with Crippen LogP contribution in [-0.2, 0) is 11.3 Å². The normalized spacial score (nSPS) is 11.9. The van der Waals surface area contributed by atoms with Crippen molar-refractivity contribution < 1.29 is 9.47 Å². The summed E-state index contributed by atoms with van der Waals surface area (Å²) in [7, 11) is 1.70. The molecule has 0 radical (unpaired) electrons. The summed E-state index contributed by atoms with van der Waals surface area (Å²) in [6.07, 6.45) is 0.0260. The van der Waals surface area contributed by atoms with Gasteiger partial charge in [-0.3, -0.25) is 0 Å². The van der Waals surface area contributed by atoms with Crippen LogP contribution < -0.4 is 20.7 Å². The number of anilines is 1. The predicted molar refractivity (Wildman–Crippen MR) is 136 cm³/mol. The van der Waals surface area contributed by atoms with Crippen LogP contribution in [0.4, 0.5) is 5.69 Å². The minimum absolute atomic E-state index is 0. The van der Waals surface area contributed by atoms with Crippen LogP contribution in [0, 0.1) is 6.92 Å². The number of aryl methyl sites for hydroxylation is 1. The minimum atomic E-state index is 0. The fraction of sp³-hybridized carbons (Fsp3) is 0.435. The number of methoxy groups -OCH3 is 1. The van der Waals surface area contributed by atoms with E-state index in [9.17, 15) is 0 Å². The van der Waals surface area contributed by atoms with Crippen LogP contribution in [-0.4, -0.2) is 45.4 Å². The molecule has 166 valence electrons. The SMILES string of the molecule is CCNC(=NCc1ccc(NCCOC)cc1)NCC(C)Oc1cccc(C)c1.I. The molecule has 1 atom stereocenters. The standard InChI is InChI=1S/C23H34N4O2.HI/c1-5-24-23(26-16-19(3)29-22-8-6-7-18(2)15-22)27-17-20-9-11-21(12-10-20)25-13-14-28-4;/h6-12,15,19,25H,5,13-14,16-17H2,1-4H3,(H2,24,26,27);1H. The third-order valence-electron chi connectivity index (χ3n) is 4.24. The Morgan fingerprint density at radius 3 is 2.53 bits per heavy atom. The first kappa shape index (κ1) is 26.0. The summed E-state index contributed by atoms with van der Waals surface area (Å²) in [5, 5.41) is 9.96. The molecule has 2 rings (SSSR count). The number of nitrogens with one attached hydrogen (secondary N) is 3. The van der Waals surface area contributed by atoms with Gasteiger partial charge in [0.2, 0.25) is 0 Å². The van der Waals surface area contributed by atoms with E-state index in [1.165, 1.54) is 5.56 Å². The molecule has 0 amide bonds. The summed E-state index contributed by atoms with van der Waals surface area (Å²) in [5.74, 6) is 1.68. The van der Waals surface area contributed by atoms with Crippen LogP contribution in [0.2, 0.25) is 0 Å². The first-order valence-electron chi connectivity index (χ1n) is 10.2. The highest BCUT2D eigenvalue weighted by atomic mass is 127. The Morgan fingerprint density at radius 2 is 1.87 bits per heavy atom.